The minimum Gasteiger partial charge on any atom is -0.463 e. The van der Waals surface area contributed by atoms with Crippen molar-refractivity contribution in [3.8, 4) is 0 Å². The number of unbranched alkanes of at least 4 members (excludes halogenated alkanes) is 12. The molecule has 0 aliphatic heterocycles. The average molecular weight is 411 g/mol. The predicted molar refractivity (Wildman–Crippen MR) is 121 cm³/mol. The fraction of sp³-hybridized carbons (Fsp3) is 0.840. The van der Waals surface area contributed by atoms with Crippen LogP contribution in [0.1, 0.15) is 117 Å². The zero-order chi connectivity index (χ0) is 21.6. The molecule has 0 aromatic rings. The van der Waals surface area contributed by atoms with Gasteiger partial charge in [-0.05, 0) is 18.8 Å². The van der Waals surface area contributed by atoms with E-state index in [1.807, 2.05) is 6.92 Å². The van der Waals surface area contributed by atoms with E-state index in [0.717, 1.165) is 37.8 Å². The second kappa shape index (κ2) is 21.4. The SMILES string of the molecule is CCCCCCCCCCCCCCCOC(=O)/C=C/C(=O)OCC(C)CCC. The van der Waals surface area contributed by atoms with Gasteiger partial charge in [-0.15, -0.1) is 0 Å². The summed E-state index contributed by atoms with van der Waals surface area (Å²) in [6.45, 7) is 7.22. The Morgan fingerprint density at radius 3 is 1.59 bits per heavy atom. The molecule has 0 aromatic carbocycles. The van der Waals surface area contributed by atoms with Gasteiger partial charge in [-0.25, -0.2) is 9.59 Å². The lowest BCUT2D eigenvalue weighted by molar-refractivity contribution is -0.141. The molecule has 0 N–H and O–H groups in total. The van der Waals surface area contributed by atoms with Crippen LogP contribution in [0.15, 0.2) is 12.2 Å². The maximum absolute atomic E-state index is 11.6. The molecule has 0 radical (unpaired) electrons. The summed E-state index contributed by atoms with van der Waals surface area (Å²) in [6, 6.07) is 0. The number of carbonyl (C=O) groups excluding carboxylic acids is 2. The third-order valence-corrected chi connectivity index (χ3v) is 5.14. The van der Waals surface area contributed by atoms with Gasteiger partial charge in [-0.1, -0.05) is 104 Å². The van der Waals surface area contributed by atoms with Crippen LogP contribution in [0.25, 0.3) is 0 Å². The Bertz CT molecular complexity index is 417. The first kappa shape index (κ1) is 27.7. The van der Waals surface area contributed by atoms with Crippen molar-refractivity contribution in [2.75, 3.05) is 13.2 Å². The van der Waals surface area contributed by atoms with Crippen LogP contribution in [-0.4, -0.2) is 25.2 Å². The summed E-state index contributed by atoms with van der Waals surface area (Å²) >= 11 is 0. The summed E-state index contributed by atoms with van der Waals surface area (Å²) < 4.78 is 10.2. The molecule has 170 valence electrons. The van der Waals surface area contributed by atoms with Crippen LogP contribution in [0.5, 0.6) is 0 Å². The van der Waals surface area contributed by atoms with Crippen molar-refractivity contribution in [3.63, 3.8) is 0 Å². The molecule has 29 heavy (non-hydrogen) atoms. The summed E-state index contributed by atoms with van der Waals surface area (Å²) in [5, 5.41) is 0. The van der Waals surface area contributed by atoms with E-state index in [-0.39, 0.29) is 0 Å². The van der Waals surface area contributed by atoms with E-state index in [4.69, 9.17) is 9.47 Å². The van der Waals surface area contributed by atoms with Gasteiger partial charge in [0.25, 0.3) is 0 Å². The van der Waals surface area contributed by atoms with Crippen LogP contribution in [0.3, 0.4) is 0 Å². The minimum absolute atomic E-state index is 0.347. The normalized spacial score (nSPS) is 12.2. The number of hydrogen-bond donors (Lipinski definition) is 0. The van der Waals surface area contributed by atoms with Gasteiger partial charge in [-0.2, -0.15) is 0 Å². The Morgan fingerprint density at radius 1 is 0.655 bits per heavy atom. The van der Waals surface area contributed by atoms with Crippen LogP contribution < -0.4 is 0 Å². The van der Waals surface area contributed by atoms with E-state index < -0.39 is 11.9 Å². The lowest BCUT2D eigenvalue weighted by Gasteiger charge is -2.09. The fourth-order valence-electron chi connectivity index (χ4n) is 3.33. The van der Waals surface area contributed by atoms with Crippen molar-refractivity contribution in [1.82, 2.24) is 0 Å². The van der Waals surface area contributed by atoms with Crippen molar-refractivity contribution >= 4 is 11.9 Å². The topological polar surface area (TPSA) is 52.6 Å². The lowest BCUT2D eigenvalue weighted by Crippen LogP contribution is -2.10. The molecule has 0 aliphatic rings. The molecule has 0 saturated heterocycles. The number of rotatable bonds is 20. The van der Waals surface area contributed by atoms with E-state index in [9.17, 15) is 9.59 Å². The third kappa shape index (κ3) is 21.2. The van der Waals surface area contributed by atoms with Gasteiger partial charge < -0.3 is 9.47 Å². The quantitative estimate of drug-likeness (QED) is 0.121. The molecule has 4 nitrogen and oxygen atoms in total. The van der Waals surface area contributed by atoms with Gasteiger partial charge in [0.05, 0.1) is 13.2 Å². The molecule has 0 bridgehead atoms. The maximum Gasteiger partial charge on any atom is 0.331 e. The Hall–Kier alpha value is -1.32. The number of carbonyl (C=O) groups is 2. The highest BCUT2D eigenvalue weighted by Gasteiger charge is 2.05. The van der Waals surface area contributed by atoms with Crippen molar-refractivity contribution in [3.05, 3.63) is 12.2 Å². The molecular weight excluding hydrogens is 364 g/mol. The largest absolute Gasteiger partial charge is 0.463 e. The van der Waals surface area contributed by atoms with Crippen molar-refractivity contribution in [1.29, 1.82) is 0 Å². The summed E-state index contributed by atoms with van der Waals surface area (Å²) in [4.78, 5) is 23.1. The molecule has 0 spiro atoms. The highest BCUT2D eigenvalue weighted by molar-refractivity contribution is 5.91. The first-order valence-corrected chi connectivity index (χ1v) is 12.1. The molecule has 0 heterocycles. The van der Waals surface area contributed by atoms with Crippen molar-refractivity contribution in [2.45, 2.75) is 117 Å². The van der Waals surface area contributed by atoms with Crippen molar-refractivity contribution in [2.24, 2.45) is 5.92 Å². The van der Waals surface area contributed by atoms with Crippen LogP contribution >= 0.6 is 0 Å². The zero-order valence-corrected chi connectivity index (χ0v) is 19.4. The van der Waals surface area contributed by atoms with Gasteiger partial charge in [0, 0.05) is 12.2 Å². The molecular formula is C25H46O4. The number of ether oxygens (including phenoxy) is 2. The van der Waals surface area contributed by atoms with E-state index in [1.165, 1.54) is 70.6 Å². The van der Waals surface area contributed by atoms with Crippen LogP contribution in [0.2, 0.25) is 0 Å². The minimum atomic E-state index is -0.481. The molecule has 0 aliphatic carbocycles. The fourth-order valence-corrected chi connectivity index (χ4v) is 3.33. The van der Waals surface area contributed by atoms with E-state index >= 15 is 0 Å². The van der Waals surface area contributed by atoms with Crippen LogP contribution in [0.4, 0.5) is 0 Å². The zero-order valence-electron chi connectivity index (χ0n) is 19.4. The molecule has 1 atom stereocenters. The second-order valence-electron chi connectivity index (χ2n) is 8.27. The summed E-state index contributed by atoms with van der Waals surface area (Å²) in [7, 11) is 0. The Morgan fingerprint density at radius 2 is 1.10 bits per heavy atom. The summed E-state index contributed by atoms with van der Waals surface area (Å²) in [5.74, 6) is -0.604. The molecule has 0 saturated carbocycles. The van der Waals surface area contributed by atoms with Crippen LogP contribution in [0, 0.1) is 5.92 Å². The van der Waals surface area contributed by atoms with Gasteiger partial charge in [0.1, 0.15) is 0 Å². The average Bonchev–Trinajstić information content (AvgIpc) is 2.71. The number of hydrogen-bond acceptors (Lipinski definition) is 4. The van der Waals surface area contributed by atoms with E-state index in [2.05, 4.69) is 13.8 Å². The van der Waals surface area contributed by atoms with Gasteiger partial charge in [0.15, 0.2) is 0 Å². The molecule has 0 amide bonds. The van der Waals surface area contributed by atoms with Gasteiger partial charge in [-0.3, -0.25) is 0 Å². The smallest absolute Gasteiger partial charge is 0.331 e. The van der Waals surface area contributed by atoms with E-state index in [0.29, 0.717) is 19.1 Å². The number of esters is 2. The molecule has 0 rings (SSSR count). The van der Waals surface area contributed by atoms with Crippen molar-refractivity contribution < 1.29 is 19.1 Å². The molecule has 0 fully saturated rings. The predicted octanol–water partition coefficient (Wildman–Crippen LogP) is 7.16. The standard InChI is InChI=1S/C25H46O4/c1-4-6-7-8-9-10-11-12-13-14-15-16-17-21-28-24(26)19-20-25(27)29-22-23(3)18-5-2/h19-20,23H,4-18,21-22H2,1-3H3/b20-19+. The first-order valence-electron chi connectivity index (χ1n) is 12.1. The highest BCUT2D eigenvalue weighted by Crippen LogP contribution is 2.12. The van der Waals surface area contributed by atoms with E-state index in [1.54, 1.807) is 0 Å². The third-order valence-electron chi connectivity index (χ3n) is 5.14. The highest BCUT2D eigenvalue weighted by atomic mass is 16.5. The van der Waals surface area contributed by atoms with Crippen LogP contribution in [-0.2, 0) is 19.1 Å². The Labute approximate surface area is 179 Å². The first-order chi connectivity index (χ1) is 14.1. The molecule has 0 aromatic heterocycles. The second-order valence-corrected chi connectivity index (χ2v) is 8.27. The summed E-state index contributed by atoms with van der Waals surface area (Å²) in [5.41, 5.74) is 0. The Balaban J connectivity index is 3.41. The molecule has 1 unspecified atom stereocenters. The van der Waals surface area contributed by atoms with Gasteiger partial charge in [0.2, 0.25) is 0 Å². The maximum atomic E-state index is 11.6. The Kier molecular flexibility index (Phi) is 20.4. The lowest BCUT2D eigenvalue weighted by atomic mass is 10.0. The monoisotopic (exact) mass is 410 g/mol. The van der Waals surface area contributed by atoms with Gasteiger partial charge >= 0.3 is 11.9 Å². The summed E-state index contributed by atoms with van der Waals surface area (Å²) in [6.07, 6.45) is 21.2. The molecule has 4 heteroatoms.